The molecule has 2 aliphatic rings. The van der Waals surface area contributed by atoms with Gasteiger partial charge in [0, 0.05) is 29.2 Å². The SMILES string of the molecule is N/N=C/c1ccc(NC(=O)CCCC[C@@H]2SC[C@@H]3NC(=O)N[C@@H]32)cc1[N+](=O)[O-]. The number of nitrogens with one attached hydrogen (secondary N) is 3. The van der Waals surface area contributed by atoms with E-state index in [9.17, 15) is 19.7 Å². The van der Waals surface area contributed by atoms with E-state index < -0.39 is 4.92 Å². The molecule has 1 aromatic rings. The lowest BCUT2D eigenvalue weighted by Crippen LogP contribution is -2.36. The average molecular weight is 406 g/mol. The van der Waals surface area contributed by atoms with Gasteiger partial charge in [0.2, 0.25) is 5.91 Å². The first-order chi connectivity index (χ1) is 13.5. The smallest absolute Gasteiger partial charge is 0.315 e. The number of unbranched alkanes of at least 4 members (excludes halogenated alkanes) is 1. The first-order valence-corrected chi connectivity index (χ1v) is 10.0. The van der Waals surface area contributed by atoms with Crippen LogP contribution in [0.1, 0.15) is 31.2 Å². The zero-order valence-electron chi connectivity index (χ0n) is 15.1. The van der Waals surface area contributed by atoms with Crippen molar-refractivity contribution in [2.45, 2.75) is 43.0 Å². The fraction of sp³-hybridized carbons (Fsp3) is 0.471. The minimum Gasteiger partial charge on any atom is -0.332 e. The van der Waals surface area contributed by atoms with Crippen molar-refractivity contribution < 1.29 is 14.5 Å². The highest BCUT2D eigenvalue weighted by Gasteiger charge is 2.42. The number of rotatable bonds is 8. The molecule has 2 aliphatic heterocycles. The minimum absolute atomic E-state index is 0.0995. The first kappa shape index (κ1) is 19.9. The molecule has 2 saturated heterocycles. The standard InChI is InChI=1S/C17H22N6O4S/c18-19-8-10-5-6-11(7-13(10)23(26)27)20-15(24)4-2-1-3-14-16-12(9-28-14)21-17(25)22-16/h5-8,12,14,16H,1-4,9,18H2,(H,20,24)(H2,21,22,25)/b19-8+/t12-,14-,16-/m0/s1. The van der Waals surface area contributed by atoms with Crippen LogP contribution in [-0.2, 0) is 4.79 Å². The fourth-order valence-corrected chi connectivity index (χ4v) is 5.01. The van der Waals surface area contributed by atoms with Crippen molar-refractivity contribution in [3.63, 3.8) is 0 Å². The van der Waals surface area contributed by atoms with E-state index in [2.05, 4.69) is 21.1 Å². The monoisotopic (exact) mass is 406 g/mol. The van der Waals surface area contributed by atoms with Gasteiger partial charge in [-0.25, -0.2) is 4.79 Å². The lowest BCUT2D eigenvalue weighted by molar-refractivity contribution is -0.384. The van der Waals surface area contributed by atoms with Crippen LogP contribution in [0.5, 0.6) is 0 Å². The molecule has 3 atom stereocenters. The number of carbonyl (C=O) groups excluding carboxylic acids is 2. The number of hydrazone groups is 1. The third kappa shape index (κ3) is 4.71. The summed E-state index contributed by atoms with van der Waals surface area (Å²) in [6.07, 6.45) is 4.03. The van der Waals surface area contributed by atoms with E-state index in [0.29, 0.717) is 23.8 Å². The van der Waals surface area contributed by atoms with Crippen LogP contribution in [0.15, 0.2) is 23.3 Å². The number of amides is 3. The van der Waals surface area contributed by atoms with Gasteiger partial charge in [-0.2, -0.15) is 16.9 Å². The Morgan fingerprint density at radius 2 is 2.25 bits per heavy atom. The molecule has 0 aromatic heterocycles. The molecule has 3 amide bonds. The lowest BCUT2D eigenvalue weighted by atomic mass is 10.0. The lowest BCUT2D eigenvalue weighted by Gasteiger charge is -2.16. The highest BCUT2D eigenvalue weighted by Crippen LogP contribution is 2.33. The number of hydrogen-bond donors (Lipinski definition) is 4. The molecule has 0 saturated carbocycles. The molecule has 150 valence electrons. The number of nitro benzene ring substituents is 1. The normalized spacial score (nSPS) is 23.3. The van der Waals surface area contributed by atoms with Crippen LogP contribution in [0.3, 0.4) is 0 Å². The molecule has 0 bridgehead atoms. The van der Waals surface area contributed by atoms with Gasteiger partial charge in [-0.3, -0.25) is 14.9 Å². The molecule has 1 aromatic carbocycles. The topological polar surface area (TPSA) is 152 Å². The van der Waals surface area contributed by atoms with Crippen LogP contribution in [0.2, 0.25) is 0 Å². The maximum Gasteiger partial charge on any atom is 0.315 e. The Morgan fingerprint density at radius 1 is 1.43 bits per heavy atom. The number of nitrogens with two attached hydrogens (primary N) is 1. The number of carbonyl (C=O) groups is 2. The quantitative estimate of drug-likeness (QED) is 0.128. The molecule has 0 radical (unpaired) electrons. The van der Waals surface area contributed by atoms with E-state index in [1.807, 2.05) is 11.8 Å². The maximum absolute atomic E-state index is 12.1. The Kier molecular flexibility index (Phi) is 6.34. The number of thioether (sulfide) groups is 1. The van der Waals surface area contributed by atoms with Crippen LogP contribution in [0.25, 0.3) is 0 Å². The van der Waals surface area contributed by atoms with Crippen molar-refractivity contribution in [1.29, 1.82) is 0 Å². The van der Waals surface area contributed by atoms with Crippen molar-refractivity contribution in [3.05, 3.63) is 33.9 Å². The molecule has 0 aliphatic carbocycles. The van der Waals surface area contributed by atoms with Crippen LogP contribution < -0.4 is 21.8 Å². The molecule has 3 rings (SSSR count). The van der Waals surface area contributed by atoms with Crippen molar-refractivity contribution >= 4 is 41.3 Å². The van der Waals surface area contributed by atoms with Gasteiger partial charge < -0.3 is 21.8 Å². The van der Waals surface area contributed by atoms with Crippen LogP contribution in [-0.4, -0.2) is 46.2 Å². The van der Waals surface area contributed by atoms with Gasteiger partial charge in [-0.1, -0.05) is 6.42 Å². The summed E-state index contributed by atoms with van der Waals surface area (Å²) in [5, 5.41) is 23.3. The average Bonchev–Trinajstić information content (AvgIpc) is 3.19. The summed E-state index contributed by atoms with van der Waals surface area (Å²) in [5.41, 5.74) is 0.457. The maximum atomic E-state index is 12.1. The Hall–Kier alpha value is -2.82. The molecule has 10 nitrogen and oxygen atoms in total. The van der Waals surface area contributed by atoms with Crippen LogP contribution in [0.4, 0.5) is 16.2 Å². The van der Waals surface area contributed by atoms with Crippen molar-refractivity contribution in [2.24, 2.45) is 10.9 Å². The van der Waals surface area contributed by atoms with Crippen LogP contribution in [0, 0.1) is 10.1 Å². The van der Waals surface area contributed by atoms with Gasteiger partial charge in [0.15, 0.2) is 0 Å². The summed E-state index contributed by atoms with van der Waals surface area (Å²) in [5.74, 6) is 5.77. The summed E-state index contributed by atoms with van der Waals surface area (Å²) in [4.78, 5) is 34.1. The number of hydrogen-bond acceptors (Lipinski definition) is 7. The molecule has 11 heteroatoms. The number of nitro groups is 1. The van der Waals surface area contributed by atoms with E-state index >= 15 is 0 Å². The number of benzene rings is 1. The minimum atomic E-state index is -0.546. The van der Waals surface area contributed by atoms with E-state index in [-0.39, 0.29) is 35.3 Å². The van der Waals surface area contributed by atoms with Crippen molar-refractivity contribution in [2.75, 3.05) is 11.1 Å². The Labute approximate surface area is 165 Å². The van der Waals surface area contributed by atoms with Crippen molar-refractivity contribution in [1.82, 2.24) is 10.6 Å². The second kappa shape index (κ2) is 8.91. The van der Waals surface area contributed by atoms with Gasteiger partial charge in [0.25, 0.3) is 5.69 Å². The van der Waals surface area contributed by atoms with E-state index in [4.69, 9.17) is 5.84 Å². The zero-order chi connectivity index (χ0) is 20.1. The molecule has 2 heterocycles. The van der Waals surface area contributed by atoms with E-state index in [0.717, 1.165) is 18.6 Å². The fourth-order valence-electron chi connectivity index (χ4n) is 3.47. The second-order valence-electron chi connectivity index (χ2n) is 6.72. The summed E-state index contributed by atoms with van der Waals surface area (Å²) >= 11 is 1.85. The van der Waals surface area contributed by atoms with Gasteiger partial charge >= 0.3 is 6.03 Å². The Bertz CT molecular complexity index is 802. The molecule has 28 heavy (non-hydrogen) atoms. The largest absolute Gasteiger partial charge is 0.332 e. The predicted molar refractivity (Wildman–Crippen MR) is 107 cm³/mol. The number of urea groups is 1. The van der Waals surface area contributed by atoms with Crippen LogP contribution >= 0.6 is 11.8 Å². The molecular formula is C17H22N6O4S. The number of nitrogens with zero attached hydrogens (tertiary/aromatic N) is 2. The molecule has 0 spiro atoms. The summed E-state index contributed by atoms with van der Waals surface area (Å²) in [7, 11) is 0. The van der Waals surface area contributed by atoms with Gasteiger partial charge in [-0.15, -0.1) is 0 Å². The number of fused-ring (bicyclic) bond motifs is 1. The Morgan fingerprint density at radius 3 is 3.00 bits per heavy atom. The summed E-state index contributed by atoms with van der Waals surface area (Å²) in [6.45, 7) is 0. The first-order valence-electron chi connectivity index (χ1n) is 8.98. The summed E-state index contributed by atoms with van der Waals surface area (Å²) < 4.78 is 0. The number of anilines is 1. The Balaban J connectivity index is 1.44. The highest BCUT2D eigenvalue weighted by molar-refractivity contribution is 8.00. The highest BCUT2D eigenvalue weighted by atomic mass is 32.2. The van der Waals surface area contributed by atoms with E-state index in [1.165, 1.54) is 18.3 Å². The summed E-state index contributed by atoms with van der Waals surface area (Å²) in [6, 6.07) is 4.63. The third-order valence-corrected chi connectivity index (χ3v) is 6.31. The van der Waals surface area contributed by atoms with Gasteiger partial charge in [0.05, 0.1) is 28.8 Å². The molecule has 2 fully saturated rings. The van der Waals surface area contributed by atoms with E-state index in [1.54, 1.807) is 6.07 Å². The molecule has 5 N–H and O–H groups in total. The third-order valence-electron chi connectivity index (χ3n) is 4.81. The predicted octanol–water partition coefficient (Wildman–Crippen LogP) is 1.55. The molecule has 0 unspecified atom stereocenters. The van der Waals surface area contributed by atoms with Crippen molar-refractivity contribution in [3.8, 4) is 0 Å². The zero-order valence-corrected chi connectivity index (χ0v) is 15.9. The second-order valence-corrected chi connectivity index (χ2v) is 8.00. The molecular weight excluding hydrogens is 384 g/mol. The van der Waals surface area contributed by atoms with Gasteiger partial charge in [-0.05, 0) is 25.0 Å². The van der Waals surface area contributed by atoms with Gasteiger partial charge in [0.1, 0.15) is 0 Å².